The maximum atomic E-state index is 11.6. The van der Waals surface area contributed by atoms with Crippen molar-refractivity contribution in [3.05, 3.63) is 34.9 Å². The van der Waals surface area contributed by atoms with Crippen LogP contribution in [0.25, 0.3) is 5.57 Å². The van der Waals surface area contributed by atoms with Crippen LogP contribution < -0.4 is 5.32 Å². The number of amides is 1. The van der Waals surface area contributed by atoms with Crippen LogP contribution in [0.15, 0.2) is 18.2 Å². The van der Waals surface area contributed by atoms with Crippen LogP contribution in [0.5, 0.6) is 0 Å². The van der Waals surface area contributed by atoms with Gasteiger partial charge in [0, 0.05) is 18.7 Å². The molecule has 0 saturated heterocycles. The highest BCUT2D eigenvalue weighted by Gasteiger charge is 2.20. The highest BCUT2D eigenvalue weighted by Crippen LogP contribution is 2.34. The first-order valence-electron chi connectivity index (χ1n) is 7.30. The molecule has 4 nitrogen and oxygen atoms in total. The molecule has 21 heavy (non-hydrogen) atoms. The van der Waals surface area contributed by atoms with Gasteiger partial charge in [0.05, 0.1) is 6.61 Å². The zero-order valence-electron chi connectivity index (χ0n) is 12.8. The molecule has 0 radical (unpaired) electrons. The highest BCUT2D eigenvalue weighted by atomic mass is 16.5. The molecule has 2 rings (SSSR count). The van der Waals surface area contributed by atoms with Crippen LogP contribution in [-0.2, 0) is 27.2 Å². The Balaban J connectivity index is 2.36. The van der Waals surface area contributed by atoms with E-state index in [2.05, 4.69) is 5.32 Å². The van der Waals surface area contributed by atoms with Gasteiger partial charge < -0.3 is 10.1 Å². The van der Waals surface area contributed by atoms with Crippen molar-refractivity contribution in [1.82, 2.24) is 0 Å². The van der Waals surface area contributed by atoms with Crippen molar-refractivity contribution in [2.75, 3.05) is 11.9 Å². The van der Waals surface area contributed by atoms with Crippen molar-refractivity contribution >= 4 is 23.1 Å². The molecule has 0 bridgehead atoms. The van der Waals surface area contributed by atoms with Crippen LogP contribution in [0.2, 0.25) is 0 Å². The molecule has 4 heteroatoms. The van der Waals surface area contributed by atoms with Gasteiger partial charge in [-0.1, -0.05) is 6.07 Å². The van der Waals surface area contributed by atoms with E-state index >= 15 is 0 Å². The number of esters is 1. The van der Waals surface area contributed by atoms with Gasteiger partial charge in [-0.15, -0.1) is 0 Å². The summed E-state index contributed by atoms with van der Waals surface area (Å²) in [6.07, 6.45) is 4.55. The molecule has 0 saturated carbocycles. The summed E-state index contributed by atoms with van der Waals surface area (Å²) >= 11 is 0. The lowest BCUT2D eigenvalue weighted by Crippen LogP contribution is -2.09. The Hall–Kier alpha value is -2.10. The third kappa shape index (κ3) is 3.51. The zero-order valence-corrected chi connectivity index (χ0v) is 12.8. The number of carbonyl (C=O) groups is 2. The first-order valence-corrected chi connectivity index (χ1v) is 7.30. The Kier molecular flexibility index (Phi) is 4.78. The van der Waals surface area contributed by atoms with E-state index in [1.165, 1.54) is 24.1 Å². The predicted molar refractivity (Wildman–Crippen MR) is 83.1 cm³/mol. The van der Waals surface area contributed by atoms with E-state index in [-0.39, 0.29) is 11.9 Å². The molecule has 112 valence electrons. The monoisotopic (exact) mass is 287 g/mol. The molecule has 1 aliphatic rings. The van der Waals surface area contributed by atoms with Crippen LogP contribution in [-0.4, -0.2) is 18.5 Å². The minimum absolute atomic E-state index is 0.0596. The fourth-order valence-electron chi connectivity index (χ4n) is 2.82. The number of nitrogens with one attached hydrogen (secondary N) is 1. The van der Waals surface area contributed by atoms with Gasteiger partial charge in [0.15, 0.2) is 0 Å². The van der Waals surface area contributed by atoms with E-state index in [1.54, 1.807) is 6.92 Å². The van der Waals surface area contributed by atoms with Gasteiger partial charge in [-0.05, 0) is 61.4 Å². The minimum Gasteiger partial charge on any atom is -0.463 e. The van der Waals surface area contributed by atoms with Gasteiger partial charge >= 0.3 is 5.97 Å². The Morgan fingerprint density at radius 3 is 2.62 bits per heavy atom. The molecule has 0 fully saturated rings. The minimum atomic E-state index is -0.312. The van der Waals surface area contributed by atoms with Crippen molar-refractivity contribution < 1.29 is 14.3 Å². The summed E-state index contributed by atoms with van der Waals surface area (Å²) in [5.74, 6) is -0.372. The summed E-state index contributed by atoms with van der Waals surface area (Å²) in [5.41, 5.74) is 5.30. The molecule has 0 aliphatic heterocycles. The lowest BCUT2D eigenvalue weighted by Gasteiger charge is -2.14. The molecule has 0 heterocycles. The van der Waals surface area contributed by atoms with Crippen LogP contribution in [0.1, 0.15) is 43.9 Å². The SMILES string of the molecule is CCOC(=O)C=C(C)c1ccc(NC(C)=O)c2c1CCC2. The second kappa shape index (κ2) is 6.57. The smallest absolute Gasteiger partial charge is 0.331 e. The van der Waals surface area contributed by atoms with E-state index in [4.69, 9.17) is 4.74 Å². The summed E-state index contributed by atoms with van der Waals surface area (Å²) in [4.78, 5) is 22.8. The fourth-order valence-corrected chi connectivity index (χ4v) is 2.82. The average Bonchev–Trinajstić information content (AvgIpc) is 2.88. The molecule has 1 aliphatic carbocycles. The maximum Gasteiger partial charge on any atom is 0.331 e. The molecule has 0 atom stereocenters. The molecule has 1 aromatic rings. The molecule has 1 aromatic carbocycles. The number of fused-ring (bicyclic) bond motifs is 1. The number of anilines is 1. The number of allylic oxidation sites excluding steroid dienone is 1. The van der Waals surface area contributed by atoms with Crippen molar-refractivity contribution in [3.8, 4) is 0 Å². The number of hydrogen-bond acceptors (Lipinski definition) is 3. The summed E-state index contributed by atoms with van der Waals surface area (Å²) in [7, 11) is 0. The lowest BCUT2D eigenvalue weighted by molar-refractivity contribution is -0.137. The van der Waals surface area contributed by atoms with Gasteiger partial charge in [-0.2, -0.15) is 0 Å². The molecule has 0 aromatic heterocycles. The molecular formula is C17H21NO3. The lowest BCUT2D eigenvalue weighted by atomic mass is 9.96. The predicted octanol–water partition coefficient (Wildman–Crippen LogP) is 3.10. The van der Waals surface area contributed by atoms with Crippen LogP contribution in [0.4, 0.5) is 5.69 Å². The van der Waals surface area contributed by atoms with Crippen LogP contribution >= 0.6 is 0 Å². The Labute approximate surface area is 125 Å². The Morgan fingerprint density at radius 2 is 1.95 bits per heavy atom. The first kappa shape index (κ1) is 15.3. The number of rotatable bonds is 4. The van der Waals surface area contributed by atoms with Crippen molar-refractivity contribution in [2.24, 2.45) is 0 Å². The summed E-state index contributed by atoms with van der Waals surface area (Å²) in [6.45, 7) is 5.60. The average molecular weight is 287 g/mol. The third-order valence-corrected chi connectivity index (χ3v) is 3.64. The fraction of sp³-hybridized carbons (Fsp3) is 0.412. The van der Waals surface area contributed by atoms with E-state index in [0.29, 0.717) is 6.61 Å². The van der Waals surface area contributed by atoms with Crippen molar-refractivity contribution in [3.63, 3.8) is 0 Å². The zero-order chi connectivity index (χ0) is 15.4. The quantitative estimate of drug-likeness (QED) is 0.684. The summed E-state index contributed by atoms with van der Waals surface area (Å²) < 4.78 is 4.96. The second-order valence-electron chi connectivity index (χ2n) is 5.23. The topological polar surface area (TPSA) is 55.4 Å². The standard InChI is InChI=1S/C17H21NO3/c1-4-21-17(20)10-11(2)13-8-9-16(18-12(3)19)15-7-5-6-14(13)15/h8-10H,4-7H2,1-3H3,(H,18,19). The Morgan fingerprint density at radius 1 is 1.24 bits per heavy atom. The molecule has 0 unspecified atom stereocenters. The number of hydrogen-bond donors (Lipinski definition) is 1. The molecule has 1 amide bonds. The van der Waals surface area contributed by atoms with E-state index < -0.39 is 0 Å². The molecule has 1 N–H and O–H groups in total. The summed E-state index contributed by atoms with van der Waals surface area (Å²) in [6, 6.07) is 3.89. The van der Waals surface area contributed by atoms with Gasteiger partial charge in [-0.25, -0.2) is 4.79 Å². The van der Waals surface area contributed by atoms with E-state index in [1.807, 2.05) is 19.1 Å². The van der Waals surface area contributed by atoms with Gasteiger partial charge in [0.1, 0.15) is 0 Å². The van der Waals surface area contributed by atoms with Crippen LogP contribution in [0, 0.1) is 0 Å². The third-order valence-electron chi connectivity index (χ3n) is 3.64. The summed E-state index contributed by atoms with van der Waals surface area (Å²) in [5, 5.41) is 2.88. The van der Waals surface area contributed by atoms with Crippen molar-refractivity contribution in [2.45, 2.75) is 40.0 Å². The maximum absolute atomic E-state index is 11.6. The largest absolute Gasteiger partial charge is 0.463 e. The molecule has 0 spiro atoms. The first-order chi connectivity index (χ1) is 10.0. The van der Waals surface area contributed by atoms with Gasteiger partial charge in [0.25, 0.3) is 0 Å². The number of benzene rings is 1. The van der Waals surface area contributed by atoms with E-state index in [0.717, 1.165) is 36.1 Å². The van der Waals surface area contributed by atoms with Crippen molar-refractivity contribution in [1.29, 1.82) is 0 Å². The normalized spacial score (nSPS) is 13.8. The Bertz CT molecular complexity index is 602. The number of carbonyl (C=O) groups excluding carboxylic acids is 2. The number of ether oxygens (including phenoxy) is 1. The van der Waals surface area contributed by atoms with E-state index in [9.17, 15) is 9.59 Å². The second-order valence-corrected chi connectivity index (χ2v) is 5.23. The highest BCUT2D eigenvalue weighted by molar-refractivity contribution is 5.93. The molecular weight excluding hydrogens is 266 g/mol. The van der Waals surface area contributed by atoms with Gasteiger partial charge in [-0.3, -0.25) is 4.79 Å². The van der Waals surface area contributed by atoms with Gasteiger partial charge in [0.2, 0.25) is 5.91 Å². The van der Waals surface area contributed by atoms with Crippen LogP contribution in [0.3, 0.4) is 0 Å².